The maximum atomic E-state index is 14.3. The molecule has 1 amide bonds. The Bertz CT molecular complexity index is 1630. The fourth-order valence-electron chi connectivity index (χ4n) is 5.41. The fourth-order valence-corrected chi connectivity index (χ4v) is 7.55. The lowest BCUT2D eigenvalue weighted by Crippen LogP contribution is -2.27. The number of methoxy groups -OCH3 is 1. The molecule has 6 nitrogen and oxygen atoms in total. The van der Waals surface area contributed by atoms with E-state index in [9.17, 15) is 9.59 Å². The number of hydrogen-bond acceptors (Lipinski definition) is 6. The number of aryl methyl sites for hydroxylation is 3. The van der Waals surface area contributed by atoms with Crippen LogP contribution in [0, 0.1) is 18.3 Å². The van der Waals surface area contributed by atoms with E-state index in [0.717, 1.165) is 64.0 Å². The van der Waals surface area contributed by atoms with E-state index in [-0.39, 0.29) is 22.6 Å². The van der Waals surface area contributed by atoms with Crippen LogP contribution in [-0.4, -0.2) is 28.3 Å². The van der Waals surface area contributed by atoms with E-state index in [1.165, 1.54) is 16.6 Å². The Hall–Kier alpha value is -3.10. The zero-order valence-electron chi connectivity index (χ0n) is 24.1. The van der Waals surface area contributed by atoms with E-state index in [0.29, 0.717) is 16.8 Å². The van der Waals surface area contributed by atoms with E-state index >= 15 is 0 Å². The number of thiophene rings is 1. The Morgan fingerprint density at radius 2 is 2.02 bits per heavy atom. The number of hydrogen-bond donors (Lipinski definition) is 1. The maximum absolute atomic E-state index is 14.3. The summed E-state index contributed by atoms with van der Waals surface area (Å²) in [6.07, 6.45) is 3.82. The summed E-state index contributed by atoms with van der Waals surface area (Å²) >= 11 is 2.93. The Morgan fingerprint density at radius 3 is 2.75 bits per heavy atom. The van der Waals surface area contributed by atoms with Crippen molar-refractivity contribution in [1.82, 2.24) is 9.55 Å². The van der Waals surface area contributed by atoms with Crippen LogP contribution in [0.4, 0.5) is 5.69 Å². The number of ether oxygens (including phenoxy) is 1. The Morgan fingerprint density at radius 1 is 1.23 bits per heavy atom. The van der Waals surface area contributed by atoms with Crippen molar-refractivity contribution in [3.05, 3.63) is 74.4 Å². The molecule has 2 heterocycles. The van der Waals surface area contributed by atoms with Gasteiger partial charge in [-0.25, -0.2) is 4.98 Å². The summed E-state index contributed by atoms with van der Waals surface area (Å²) in [5.41, 5.74) is 4.88. The molecular weight excluding hydrogens is 539 g/mol. The van der Waals surface area contributed by atoms with Crippen molar-refractivity contribution in [3.63, 3.8) is 0 Å². The number of rotatable bonds is 7. The van der Waals surface area contributed by atoms with Crippen LogP contribution < -0.4 is 15.6 Å². The standard InChI is InChI=1S/C32H37N3O3S2/c1-7-20-9-8-10-22(15-20)33-27(36)18-39-31-34-29-28(24-14-12-21(32(3,4)5)16-26(24)40-29)30(37)35(31)25-17-23(38-6)13-11-19(25)2/h8-11,13,15,17,21H,7,12,14,16,18H2,1-6H3,(H,33,36). The van der Waals surface area contributed by atoms with E-state index in [4.69, 9.17) is 9.72 Å². The van der Waals surface area contributed by atoms with E-state index < -0.39 is 0 Å². The summed E-state index contributed by atoms with van der Waals surface area (Å²) in [5, 5.41) is 4.23. The molecule has 2 aromatic heterocycles. The largest absolute Gasteiger partial charge is 0.497 e. The molecule has 0 saturated heterocycles. The highest BCUT2D eigenvalue weighted by Gasteiger charge is 2.32. The number of nitrogens with one attached hydrogen (secondary N) is 1. The zero-order chi connectivity index (χ0) is 28.6. The van der Waals surface area contributed by atoms with Gasteiger partial charge in [-0.05, 0) is 78.8 Å². The number of nitrogens with zero attached hydrogens (tertiary/aromatic N) is 2. The zero-order valence-corrected chi connectivity index (χ0v) is 25.7. The monoisotopic (exact) mass is 575 g/mol. The van der Waals surface area contributed by atoms with Crippen molar-refractivity contribution in [2.45, 2.75) is 65.5 Å². The van der Waals surface area contributed by atoms with Crippen LogP contribution in [0.5, 0.6) is 5.75 Å². The summed E-state index contributed by atoms with van der Waals surface area (Å²) in [6, 6.07) is 13.6. The van der Waals surface area contributed by atoms with Crippen molar-refractivity contribution in [2.24, 2.45) is 11.3 Å². The second-order valence-corrected chi connectivity index (χ2v) is 13.6. The number of aromatic nitrogens is 2. The topological polar surface area (TPSA) is 73.2 Å². The molecule has 0 bridgehead atoms. The molecule has 0 aliphatic heterocycles. The third kappa shape index (κ3) is 5.70. The minimum absolute atomic E-state index is 0.0772. The molecule has 40 heavy (non-hydrogen) atoms. The van der Waals surface area contributed by atoms with Crippen molar-refractivity contribution in [3.8, 4) is 11.4 Å². The number of benzene rings is 2. The van der Waals surface area contributed by atoms with Gasteiger partial charge in [-0.2, -0.15) is 0 Å². The highest BCUT2D eigenvalue weighted by Crippen LogP contribution is 2.42. The van der Waals surface area contributed by atoms with Gasteiger partial charge in [0.1, 0.15) is 10.6 Å². The molecule has 1 aliphatic carbocycles. The van der Waals surface area contributed by atoms with Gasteiger partial charge in [-0.1, -0.05) is 57.7 Å². The highest BCUT2D eigenvalue weighted by molar-refractivity contribution is 7.99. The average Bonchev–Trinajstić information content (AvgIpc) is 3.30. The lowest BCUT2D eigenvalue weighted by Gasteiger charge is -2.33. The first-order valence-corrected chi connectivity index (χ1v) is 15.6. The second kappa shape index (κ2) is 11.4. The van der Waals surface area contributed by atoms with E-state index in [1.54, 1.807) is 23.0 Å². The molecular formula is C32H37N3O3S2. The van der Waals surface area contributed by atoms with Crippen LogP contribution in [0.3, 0.4) is 0 Å². The lowest BCUT2D eigenvalue weighted by molar-refractivity contribution is -0.113. The number of anilines is 1. The van der Waals surface area contributed by atoms with Gasteiger partial charge in [0, 0.05) is 16.6 Å². The number of carbonyl (C=O) groups excluding carboxylic acids is 1. The highest BCUT2D eigenvalue weighted by atomic mass is 32.2. The average molecular weight is 576 g/mol. The predicted octanol–water partition coefficient (Wildman–Crippen LogP) is 7.21. The van der Waals surface area contributed by atoms with Gasteiger partial charge in [0.2, 0.25) is 5.91 Å². The van der Waals surface area contributed by atoms with E-state index in [1.807, 2.05) is 49.4 Å². The van der Waals surface area contributed by atoms with Crippen LogP contribution in [0.2, 0.25) is 0 Å². The molecule has 0 radical (unpaired) electrons. The van der Waals surface area contributed by atoms with Crippen molar-refractivity contribution in [2.75, 3.05) is 18.2 Å². The molecule has 210 valence electrons. The molecule has 0 fully saturated rings. The molecule has 2 aromatic carbocycles. The molecule has 1 N–H and O–H groups in total. The Balaban J connectivity index is 1.56. The first-order valence-electron chi connectivity index (χ1n) is 13.8. The van der Waals surface area contributed by atoms with Gasteiger partial charge >= 0.3 is 0 Å². The summed E-state index contributed by atoms with van der Waals surface area (Å²) in [5.74, 6) is 1.23. The van der Waals surface area contributed by atoms with Gasteiger partial charge in [0.15, 0.2) is 5.16 Å². The molecule has 4 aromatic rings. The van der Waals surface area contributed by atoms with Crippen LogP contribution in [-0.2, 0) is 24.1 Å². The fraction of sp³-hybridized carbons (Fsp3) is 0.406. The summed E-state index contributed by atoms with van der Waals surface area (Å²) in [4.78, 5) is 34.3. The number of amides is 1. The van der Waals surface area contributed by atoms with Gasteiger partial charge < -0.3 is 10.1 Å². The SMILES string of the molecule is CCc1cccc(NC(=O)CSc2nc3sc4c(c3c(=O)n2-c2cc(OC)ccc2C)CCC(C(C)(C)C)C4)c1. The van der Waals surface area contributed by atoms with Crippen LogP contribution in [0.1, 0.15) is 55.7 Å². The van der Waals surface area contributed by atoms with Crippen LogP contribution in [0.15, 0.2) is 52.4 Å². The minimum Gasteiger partial charge on any atom is -0.497 e. The van der Waals surface area contributed by atoms with Crippen molar-refractivity contribution in [1.29, 1.82) is 0 Å². The van der Waals surface area contributed by atoms with Crippen molar-refractivity contribution < 1.29 is 9.53 Å². The molecule has 1 aliphatic rings. The summed E-state index contributed by atoms with van der Waals surface area (Å²) in [7, 11) is 1.62. The molecule has 1 unspecified atom stereocenters. The molecule has 5 rings (SSSR count). The first-order chi connectivity index (χ1) is 19.1. The maximum Gasteiger partial charge on any atom is 0.267 e. The quantitative estimate of drug-likeness (QED) is 0.186. The third-order valence-electron chi connectivity index (χ3n) is 7.89. The predicted molar refractivity (Wildman–Crippen MR) is 167 cm³/mol. The normalized spacial score (nSPS) is 15.2. The Labute approximate surface area is 244 Å². The minimum atomic E-state index is -0.139. The number of thioether (sulfide) groups is 1. The van der Waals surface area contributed by atoms with Crippen LogP contribution >= 0.6 is 23.1 Å². The van der Waals surface area contributed by atoms with Gasteiger partial charge in [-0.3, -0.25) is 14.2 Å². The van der Waals surface area contributed by atoms with Gasteiger partial charge in [0.05, 0.1) is 23.9 Å². The smallest absolute Gasteiger partial charge is 0.267 e. The molecule has 0 spiro atoms. The van der Waals surface area contributed by atoms with Crippen LogP contribution in [0.25, 0.3) is 15.9 Å². The summed E-state index contributed by atoms with van der Waals surface area (Å²) < 4.78 is 7.18. The molecule has 0 saturated carbocycles. The third-order valence-corrected chi connectivity index (χ3v) is 9.97. The second-order valence-electron chi connectivity index (χ2n) is 11.6. The number of fused-ring (bicyclic) bond motifs is 3. The number of carbonyl (C=O) groups is 1. The molecule has 8 heteroatoms. The lowest BCUT2D eigenvalue weighted by atomic mass is 9.72. The van der Waals surface area contributed by atoms with Crippen molar-refractivity contribution >= 4 is 44.9 Å². The molecule has 1 atom stereocenters. The Kier molecular flexibility index (Phi) is 8.11. The first kappa shape index (κ1) is 28.4. The van der Waals surface area contributed by atoms with Gasteiger partial charge in [-0.15, -0.1) is 11.3 Å². The van der Waals surface area contributed by atoms with Gasteiger partial charge in [0.25, 0.3) is 5.56 Å². The summed E-state index contributed by atoms with van der Waals surface area (Å²) in [6.45, 7) is 11.0. The van der Waals surface area contributed by atoms with E-state index in [2.05, 4.69) is 33.0 Å².